The highest BCUT2D eigenvalue weighted by Crippen LogP contribution is 2.28. The highest BCUT2D eigenvalue weighted by atomic mass is 32.2. The summed E-state index contributed by atoms with van der Waals surface area (Å²) < 4.78 is 32.9. The zero-order chi connectivity index (χ0) is 18.9. The molecule has 7 heteroatoms. The first-order chi connectivity index (χ1) is 13.1. The summed E-state index contributed by atoms with van der Waals surface area (Å²) in [5.41, 5.74) is 3.19. The SMILES string of the molecule is Cc1ccc(-c2c[nH]c(-c3ccccc3)n2)cc1S(=O)(=O)N1CCOCC1. The van der Waals surface area contributed by atoms with Gasteiger partial charge in [-0.05, 0) is 18.6 Å². The second-order valence-electron chi connectivity index (χ2n) is 6.50. The fourth-order valence-electron chi connectivity index (χ4n) is 3.18. The van der Waals surface area contributed by atoms with Crippen LogP contribution in [0.3, 0.4) is 0 Å². The molecule has 0 unspecified atom stereocenters. The van der Waals surface area contributed by atoms with Crippen molar-refractivity contribution in [3.8, 4) is 22.6 Å². The molecule has 0 radical (unpaired) electrons. The number of sulfonamides is 1. The number of imidazole rings is 1. The maximum Gasteiger partial charge on any atom is 0.243 e. The van der Waals surface area contributed by atoms with Crippen LogP contribution < -0.4 is 0 Å². The number of aromatic amines is 1. The van der Waals surface area contributed by atoms with Gasteiger partial charge in [-0.3, -0.25) is 0 Å². The Labute approximate surface area is 158 Å². The summed E-state index contributed by atoms with van der Waals surface area (Å²) >= 11 is 0. The summed E-state index contributed by atoms with van der Waals surface area (Å²) in [5, 5.41) is 0. The molecule has 1 saturated heterocycles. The molecule has 140 valence electrons. The lowest BCUT2D eigenvalue weighted by Gasteiger charge is -2.26. The zero-order valence-electron chi connectivity index (χ0n) is 15.1. The van der Waals surface area contributed by atoms with Crippen LogP contribution in [0.2, 0.25) is 0 Å². The summed E-state index contributed by atoms with van der Waals surface area (Å²) in [6, 6.07) is 15.3. The van der Waals surface area contributed by atoms with Crippen LogP contribution in [-0.4, -0.2) is 49.0 Å². The molecule has 2 heterocycles. The third kappa shape index (κ3) is 3.53. The number of ether oxygens (including phenoxy) is 1. The normalized spacial score (nSPS) is 15.7. The van der Waals surface area contributed by atoms with E-state index in [0.29, 0.717) is 36.9 Å². The van der Waals surface area contributed by atoms with E-state index in [0.717, 1.165) is 22.5 Å². The highest BCUT2D eigenvalue weighted by Gasteiger charge is 2.28. The van der Waals surface area contributed by atoms with E-state index < -0.39 is 10.0 Å². The van der Waals surface area contributed by atoms with Gasteiger partial charge in [0.2, 0.25) is 10.0 Å². The Morgan fingerprint density at radius 2 is 1.78 bits per heavy atom. The van der Waals surface area contributed by atoms with Crippen LogP contribution in [0.5, 0.6) is 0 Å². The summed E-state index contributed by atoms with van der Waals surface area (Å²) in [4.78, 5) is 8.13. The molecule has 1 aliphatic rings. The largest absolute Gasteiger partial charge is 0.379 e. The molecule has 0 bridgehead atoms. The monoisotopic (exact) mass is 383 g/mol. The lowest BCUT2D eigenvalue weighted by atomic mass is 10.1. The molecule has 1 N–H and O–H groups in total. The number of nitrogens with one attached hydrogen (secondary N) is 1. The lowest BCUT2D eigenvalue weighted by molar-refractivity contribution is 0.0730. The van der Waals surface area contributed by atoms with Crippen molar-refractivity contribution in [1.82, 2.24) is 14.3 Å². The number of benzene rings is 2. The summed E-state index contributed by atoms with van der Waals surface area (Å²) in [6.07, 6.45) is 1.80. The number of morpholine rings is 1. The van der Waals surface area contributed by atoms with Crippen LogP contribution in [-0.2, 0) is 14.8 Å². The average molecular weight is 383 g/mol. The van der Waals surface area contributed by atoms with Crippen LogP contribution in [0.1, 0.15) is 5.56 Å². The third-order valence-electron chi connectivity index (χ3n) is 4.70. The van der Waals surface area contributed by atoms with Crippen LogP contribution in [0, 0.1) is 6.92 Å². The molecule has 2 aromatic carbocycles. The van der Waals surface area contributed by atoms with Gasteiger partial charge in [0.05, 0.1) is 23.8 Å². The molecule has 1 aliphatic heterocycles. The number of hydrogen-bond donors (Lipinski definition) is 1. The predicted molar refractivity (Wildman–Crippen MR) is 104 cm³/mol. The maximum absolute atomic E-state index is 13.1. The van der Waals surface area contributed by atoms with Crippen molar-refractivity contribution >= 4 is 10.0 Å². The minimum absolute atomic E-state index is 0.325. The van der Waals surface area contributed by atoms with Crippen molar-refractivity contribution in [2.45, 2.75) is 11.8 Å². The Bertz CT molecular complexity index is 1040. The van der Waals surface area contributed by atoms with Gasteiger partial charge in [-0.25, -0.2) is 13.4 Å². The standard InChI is InChI=1S/C20H21N3O3S/c1-15-7-8-17(13-19(15)27(24,25)23-9-11-26-12-10-23)18-14-21-20(22-18)16-5-3-2-4-6-16/h2-8,13-14H,9-12H2,1H3,(H,21,22). The van der Waals surface area contributed by atoms with Crippen molar-refractivity contribution < 1.29 is 13.2 Å². The molecule has 27 heavy (non-hydrogen) atoms. The van der Waals surface area contributed by atoms with Crippen molar-refractivity contribution in [2.75, 3.05) is 26.3 Å². The van der Waals surface area contributed by atoms with Crippen LogP contribution in [0.25, 0.3) is 22.6 Å². The first-order valence-electron chi connectivity index (χ1n) is 8.85. The van der Waals surface area contributed by atoms with E-state index in [-0.39, 0.29) is 0 Å². The molecule has 0 atom stereocenters. The number of aromatic nitrogens is 2. The first-order valence-corrected chi connectivity index (χ1v) is 10.3. The Hall–Kier alpha value is -2.48. The second kappa shape index (κ2) is 7.26. The Morgan fingerprint density at radius 3 is 2.52 bits per heavy atom. The Kier molecular flexibility index (Phi) is 4.82. The molecule has 1 fully saturated rings. The average Bonchev–Trinajstić information content (AvgIpc) is 3.20. The number of hydrogen-bond acceptors (Lipinski definition) is 4. The van der Waals surface area contributed by atoms with Crippen molar-refractivity contribution in [3.05, 3.63) is 60.3 Å². The molecular formula is C20H21N3O3S. The minimum atomic E-state index is -3.55. The predicted octanol–water partition coefficient (Wildman–Crippen LogP) is 3.07. The summed E-state index contributed by atoms with van der Waals surface area (Å²) in [6.45, 7) is 3.44. The number of nitrogens with zero attached hydrogens (tertiary/aromatic N) is 2. The summed E-state index contributed by atoms with van der Waals surface area (Å²) in [7, 11) is -3.55. The van der Waals surface area contributed by atoms with E-state index in [1.807, 2.05) is 49.4 Å². The van der Waals surface area contributed by atoms with Gasteiger partial charge in [-0.15, -0.1) is 0 Å². The van der Waals surface area contributed by atoms with E-state index in [9.17, 15) is 8.42 Å². The quantitative estimate of drug-likeness (QED) is 0.751. The fraction of sp³-hybridized carbons (Fsp3) is 0.250. The zero-order valence-corrected chi connectivity index (χ0v) is 15.9. The number of rotatable bonds is 4. The van der Waals surface area contributed by atoms with E-state index in [1.54, 1.807) is 12.3 Å². The lowest BCUT2D eigenvalue weighted by Crippen LogP contribution is -2.40. The molecule has 0 amide bonds. The maximum atomic E-state index is 13.1. The van der Waals surface area contributed by atoms with E-state index in [4.69, 9.17) is 4.74 Å². The molecule has 0 aliphatic carbocycles. The van der Waals surface area contributed by atoms with Gasteiger partial charge in [-0.2, -0.15) is 4.31 Å². The molecule has 3 aromatic rings. The van der Waals surface area contributed by atoms with Gasteiger partial charge in [0.1, 0.15) is 5.82 Å². The fourth-order valence-corrected chi connectivity index (χ4v) is 4.84. The molecule has 0 saturated carbocycles. The molecule has 6 nitrogen and oxygen atoms in total. The van der Waals surface area contributed by atoms with Gasteiger partial charge >= 0.3 is 0 Å². The Morgan fingerprint density at radius 1 is 1.04 bits per heavy atom. The first kappa shape index (κ1) is 17.9. The summed E-state index contributed by atoms with van der Waals surface area (Å²) in [5.74, 6) is 0.753. The topological polar surface area (TPSA) is 75.3 Å². The molecule has 0 spiro atoms. The molecule has 1 aromatic heterocycles. The minimum Gasteiger partial charge on any atom is -0.379 e. The molecular weight excluding hydrogens is 362 g/mol. The van der Waals surface area contributed by atoms with Crippen LogP contribution in [0.4, 0.5) is 0 Å². The van der Waals surface area contributed by atoms with Crippen molar-refractivity contribution in [3.63, 3.8) is 0 Å². The van der Waals surface area contributed by atoms with E-state index in [1.165, 1.54) is 4.31 Å². The number of aryl methyl sites for hydroxylation is 1. The van der Waals surface area contributed by atoms with Crippen LogP contribution in [0.15, 0.2) is 59.6 Å². The van der Waals surface area contributed by atoms with Gasteiger partial charge in [0, 0.05) is 30.4 Å². The van der Waals surface area contributed by atoms with Crippen molar-refractivity contribution in [1.29, 1.82) is 0 Å². The highest BCUT2D eigenvalue weighted by molar-refractivity contribution is 7.89. The van der Waals surface area contributed by atoms with Gasteiger partial charge < -0.3 is 9.72 Å². The Balaban J connectivity index is 1.70. The smallest absolute Gasteiger partial charge is 0.243 e. The van der Waals surface area contributed by atoms with E-state index in [2.05, 4.69) is 9.97 Å². The van der Waals surface area contributed by atoms with Crippen molar-refractivity contribution in [2.24, 2.45) is 0 Å². The van der Waals surface area contributed by atoms with Gasteiger partial charge in [-0.1, -0.05) is 42.5 Å². The van der Waals surface area contributed by atoms with Gasteiger partial charge in [0.15, 0.2) is 0 Å². The second-order valence-corrected chi connectivity index (χ2v) is 8.40. The number of H-pyrrole nitrogens is 1. The third-order valence-corrected chi connectivity index (χ3v) is 6.74. The molecule has 4 rings (SSSR count). The van der Waals surface area contributed by atoms with E-state index >= 15 is 0 Å². The van der Waals surface area contributed by atoms with Gasteiger partial charge in [0.25, 0.3) is 0 Å². The van der Waals surface area contributed by atoms with Crippen LogP contribution >= 0.6 is 0 Å².